The minimum atomic E-state index is -1.77. The Morgan fingerprint density at radius 2 is 1.30 bits per heavy atom. The largest absolute Gasteiger partial charge is 0.391 e. The fourth-order valence-corrected chi connectivity index (χ4v) is 11.1. The Balaban J connectivity index is 2.10. The van der Waals surface area contributed by atoms with Crippen molar-refractivity contribution < 1.29 is 57.8 Å². The second-order valence-electron chi connectivity index (χ2n) is 24.9. The highest BCUT2D eigenvalue weighted by Crippen LogP contribution is 2.23. The molecular weight excluding hydrogens is 1080 g/mol. The molecule has 0 spiro atoms. The number of carbonyl (C=O) groups is 11. The van der Waals surface area contributed by atoms with E-state index in [0.29, 0.717) is 38.8 Å². The number of carbonyl (C=O) groups excluding carboxylic acids is 11. The van der Waals surface area contributed by atoms with Gasteiger partial charge in [-0.1, -0.05) is 85.2 Å². The average molecular weight is 1180 g/mol. The number of amides is 8. The van der Waals surface area contributed by atoms with E-state index in [9.17, 15) is 57.8 Å². The van der Waals surface area contributed by atoms with E-state index in [-0.39, 0.29) is 87.2 Å². The summed E-state index contributed by atoms with van der Waals surface area (Å²) in [5, 5.41) is 19.2. The van der Waals surface area contributed by atoms with Crippen molar-refractivity contribution in [3.63, 3.8) is 0 Å². The van der Waals surface area contributed by atoms with Gasteiger partial charge in [-0.25, -0.2) is 0 Å². The first-order valence-corrected chi connectivity index (χ1v) is 30.2. The van der Waals surface area contributed by atoms with Gasteiger partial charge in [-0.3, -0.25) is 63.0 Å². The van der Waals surface area contributed by atoms with Crippen LogP contribution >= 0.6 is 0 Å². The molecule has 0 aromatic heterocycles. The van der Waals surface area contributed by atoms with Gasteiger partial charge in [0.25, 0.3) is 11.8 Å². The Hall–Kier alpha value is -6.13. The van der Waals surface area contributed by atoms with Gasteiger partial charge in [-0.05, 0) is 89.2 Å². The van der Waals surface area contributed by atoms with E-state index in [1.807, 2.05) is 65.0 Å². The number of nitrogens with one attached hydrogen (secondary N) is 3. The molecule has 84 heavy (non-hydrogen) atoms. The Morgan fingerprint density at radius 1 is 0.679 bits per heavy atom. The third-order valence-electron chi connectivity index (χ3n) is 17.0. The quantitative estimate of drug-likeness (QED) is 0.259. The number of nitrogens with zero attached hydrogens (tertiary/aromatic N) is 7. The van der Waals surface area contributed by atoms with Gasteiger partial charge in [-0.15, -0.1) is 0 Å². The topological polar surface area (TPSA) is 267 Å². The monoisotopic (exact) mass is 1180 g/mol. The Morgan fingerprint density at radius 3 is 1.87 bits per heavy atom. The third kappa shape index (κ3) is 21.1. The predicted molar refractivity (Wildman–Crippen MR) is 320 cm³/mol. The molecule has 2 aliphatic heterocycles. The van der Waals surface area contributed by atoms with Crippen LogP contribution in [0.1, 0.15) is 120 Å². The molecule has 11 atom stereocenters. The van der Waals surface area contributed by atoms with E-state index in [4.69, 9.17) is 0 Å². The van der Waals surface area contributed by atoms with Crippen molar-refractivity contribution in [1.29, 1.82) is 0 Å². The first-order chi connectivity index (χ1) is 39.3. The van der Waals surface area contributed by atoms with E-state index in [0.717, 1.165) is 21.8 Å². The molecule has 1 aromatic rings. The molecule has 22 nitrogen and oxygen atoms in total. The van der Waals surface area contributed by atoms with E-state index >= 15 is 0 Å². The van der Waals surface area contributed by atoms with Crippen LogP contribution in [0.4, 0.5) is 0 Å². The number of aliphatic hydroxyl groups excluding tert-OH is 1. The number of likely N-dealkylation sites (tertiary alicyclic amines) is 1. The first-order valence-electron chi connectivity index (χ1n) is 30.2. The van der Waals surface area contributed by atoms with Crippen LogP contribution in [0.3, 0.4) is 0 Å². The van der Waals surface area contributed by atoms with E-state index in [1.165, 1.54) is 61.6 Å². The van der Waals surface area contributed by atoms with Crippen LogP contribution in [-0.4, -0.2) is 235 Å². The second-order valence-corrected chi connectivity index (χ2v) is 24.9. The van der Waals surface area contributed by atoms with Crippen LogP contribution in [0.5, 0.6) is 0 Å². The standard InChI is InChI=1S/C62H102N10O12/c1-17-40(6)55-57(79)65-54(62(84)72-26-22-19-23-27-72)61(83)70(15)42(8)50(75)31-47(29-45-24-20-18-21-25-45)51(76)36-66(11)43(9)59(81)68(13)34-46(28-38(2)3)30-48(74)33-63-53(44(10)73)60(82)69(14)37-52(77)67(12)35-49(39(4)5)56(78)64-32-41(7)58(80)71(55)16/h18,20-21,24-25,38-44,46-47,49,53-55,63,73H,17,19,22-23,26-37H2,1-16H3,(H,64,78)(H,65,79)/t40-,41+,42+,43-,44+,46-,47+,49-,53-,54-,55-/m0/s1. The third-order valence-corrected chi connectivity index (χ3v) is 17.0. The van der Waals surface area contributed by atoms with Crippen molar-refractivity contribution in [2.75, 3.05) is 94.6 Å². The molecular formula is C62H102N10O12. The summed E-state index contributed by atoms with van der Waals surface area (Å²) in [6.45, 7) is 17.2. The van der Waals surface area contributed by atoms with Crippen LogP contribution in [0.15, 0.2) is 30.3 Å². The Labute approximate surface area is 499 Å². The van der Waals surface area contributed by atoms with Gasteiger partial charge >= 0.3 is 0 Å². The summed E-state index contributed by atoms with van der Waals surface area (Å²) < 4.78 is 0. The molecule has 0 aliphatic carbocycles. The number of Topliss-reactive ketones (excluding diaryl/α,β-unsaturated/α-hetero) is 3. The normalized spacial score (nSPS) is 27.6. The molecule has 1 aromatic carbocycles. The average Bonchev–Trinajstić information content (AvgIpc) is 2.89. The fourth-order valence-electron chi connectivity index (χ4n) is 11.1. The number of benzene rings is 1. The lowest BCUT2D eigenvalue weighted by Gasteiger charge is -2.36. The van der Waals surface area contributed by atoms with Gasteiger partial charge in [0.1, 0.15) is 17.9 Å². The maximum absolute atomic E-state index is 14.8. The highest BCUT2D eigenvalue weighted by atomic mass is 16.3. The molecule has 0 unspecified atom stereocenters. The van der Waals surface area contributed by atoms with Gasteiger partial charge in [0.15, 0.2) is 17.6 Å². The van der Waals surface area contributed by atoms with Crippen molar-refractivity contribution in [2.45, 2.75) is 157 Å². The van der Waals surface area contributed by atoms with Crippen molar-refractivity contribution in [1.82, 2.24) is 50.2 Å². The molecule has 2 aliphatic rings. The lowest BCUT2D eigenvalue weighted by Crippen LogP contribution is -2.62. The van der Waals surface area contributed by atoms with Crippen molar-refractivity contribution in [3.05, 3.63) is 35.9 Å². The van der Waals surface area contributed by atoms with Crippen LogP contribution < -0.4 is 16.0 Å². The summed E-state index contributed by atoms with van der Waals surface area (Å²) in [6.07, 6.45) is 1.89. The van der Waals surface area contributed by atoms with Crippen molar-refractivity contribution in [2.24, 2.45) is 41.4 Å². The number of likely N-dealkylation sites (N-methyl/N-ethyl adjacent to an activating group) is 6. The van der Waals surface area contributed by atoms with Crippen LogP contribution in [0, 0.1) is 41.4 Å². The summed E-state index contributed by atoms with van der Waals surface area (Å²) in [7, 11) is 9.01. The molecule has 0 saturated carbocycles. The Bertz CT molecular complexity index is 2420. The van der Waals surface area contributed by atoms with Crippen LogP contribution in [0.2, 0.25) is 0 Å². The summed E-state index contributed by atoms with van der Waals surface area (Å²) in [5.74, 6) is -9.19. The predicted octanol–water partition coefficient (Wildman–Crippen LogP) is 2.29. The zero-order chi connectivity index (χ0) is 63.4. The number of hydrogen-bond acceptors (Lipinski definition) is 14. The molecule has 2 saturated heterocycles. The maximum atomic E-state index is 14.8. The second kappa shape index (κ2) is 34.1. The molecule has 3 rings (SSSR count). The van der Waals surface area contributed by atoms with E-state index < -0.39 is 114 Å². The number of hydrogen-bond donors (Lipinski definition) is 4. The van der Waals surface area contributed by atoms with Crippen molar-refractivity contribution in [3.8, 4) is 0 Å². The molecule has 22 heteroatoms. The number of piperidine rings is 1. The van der Waals surface area contributed by atoms with Gasteiger partial charge in [0, 0.05) is 86.7 Å². The fraction of sp³-hybridized carbons (Fsp3) is 0.726. The minimum Gasteiger partial charge on any atom is -0.391 e. The molecule has 8 amide bonds. The van der Waals surface area contributed by atoms with Gasteiger partial charge in [0.05, 0.1) is 49.7 Å². The van der Waals surface area contributed by atoms with E-state index in [1.54, 1.807) is 39.8 Å². The maximum Gasteiger partial charge on any atom is 0.255 e. The van der Waals surface area contributed by atoms with E-state index in [2.05, 4.69) is 16.0 Å². The highest BCUT2D eigenvalue weighted by Gasteiger charge is 2.42. The lowest BCUT2D eigenvalue weighted by atomic mass is 9.88. The molecule has 2 heterocycles. The lowest BCUT2D eigenvalue weighted by molar-refractivity contribution is -0.151. The highest BCUT2D eigenvalue weighted by molar-refractivity contribution is 6.08. The molecule has 2 fully saturated rings. The number of ketones is 3. The molecule has 4 N–H and O–H groups in total. The van der Waals surface area contributed by atoms with Gasteiger partial charge in [-0.2, -0.15) is 0 Å². The Kier molecular flexibility index (Phi) is 29.3. The van der Waals surface area contributed by atoms with Crippen LogP contribution in [0.25, 0.3) is 0 Å². The van der Waals surface area contributed by atoms with Gasteiger partial charge < -0.3 is 45.1 Å². The van der Waals surface area contributed by atoms with Crippen molar-refractivity contribution >= 4 is 64.6 Å². The van der Waals surface area contributed by atoms with Gasteiger partial charge in [0.2, 0.25) is 35.4 Å². The summed E-state index contributed by atoms with van der Waals surface area (Å²) in [6, 6.07) is 2.96. The number of aliphatic hydroxyl groups is 1. The SMILES string of the molecule is CC[C@H](C)[C@H]1C(=O)N[C@H](C(=O)N2CCCCC2)C(=O)N(C)[C@H](C)C(=O)C[C@@H](Cc2ccccc2)C(=O)CN(C)[C@@H](C)C(=O)N(C)C[C@@H](CC(C)C)CC(=O)CN[C@@H]([C@@H](C)O)C(=O)N(C)CC(=O)N(C)C[C@@H](C(C)C)C(=O)NC[C@@H](C)C(=O)N1C. The summed E-state index contributed by atoms with van der Waals surface area (Å²) >= 11 is 0. The first kappa shape index (κ1) is 72.1. The molecule has 0 bridgehead atoms. The zero-order valence-electron chi connectivity index (χ0n) is 53.3. The summed E-state index contributed by atoms with van der Waals surface area (Å²) in [5.41, 5.74) is 0.784. The number of rotatable bonds is 9. The molecule has 472 valence electrons. The smallest absolute Gasteiger partial charge is 0.255 e. The zero-order valence-corrected chi connectivity index (χ0v) is 53.3. The molecule has 0 radical (unpaired) electrons. The van der Waals surface area contributed by atoms with Crippen LogP contribution in [-0.2, 0) is 59.2 Å². The minimum absolute atomic E-state index is 0.0410. The summed E-state index contributed by atoms with van der Waals surface area (Å²) in [4.78, 5) is 166.